The molecule has 4 rings (SSSR count). The van der Waals surface area contributed by atoms with Crippen LogP contribution in [0, 0.1) is 5.82 Å². The van der Waals surface area contributed by atoms with Gasteiger partial charge in [-0.05, 0) is 35.2 Å². The first-order chi connectivity index (χ1) is 18.9. The summed E-state index contributed by atoms with van der Waals surface area (Å²) in [6.07, 6.45) is -3.47. The predicted octanol–water partition coefficient (Wildman–Crippen LogP) is 4.73. The van der Waals surface area contributed by atoms with Gasteiger partial charge in [0.05, 0.1) is 17.4 Å². The third-order valence-electron chi connectivity index (χ3n) is 5.57. The SMILES string of the molecule is CS(=O)(=O)Cc1cccc(CC(c2ccc(F)cc2)N(C(=O)C(F)F)c2ncc(-c3nnc(C(F)F)o3)cn2)c1. The first-order valence-electron chi connectivity index (χ1n) is 11.5. The fourth-order valence-electron chi connectivity index (χ4n) is 3.91. The second kappa shape index (κ2) is 11.9. The van der Waals surface area contributed by atoms with Gasteiger partial charge in [0.1, 0.15) is 5.82 Å². The van der Waals surface area contributed by atoms with Gasteiger partial charge >= 0.3 is 12.9 Å². The molecule has 0 N–H and O–H groups in total. The molecule has 0 aliphatic carbocycles. The molecule has 40 heavy (non-hydrogen) atoms. The van der Waals surface area contributed by atoms with E-state index in [1.54, 1.807) is 24.3 Å². The maximum Gasteiger partial charge on any atom is 0.316 e. The molecule has 0 fully saturated rings. The highest BCUT2D eigenvalue weighted by molar-refractivity contribution is 7.89. The van der Waals surface area contributed by atoms with Crippen molar-refractivity contribution in [3.8, 4) is 11.5 Å². The molecule has 0 bridgehead atoms. The number of carbonyl (C=O) groups is 1. The molecule has 2 aromatic carbocycles. The third-order valence-corrected chi connectivity index (χ3v) is 6.43. The second-order valence-corrected chi connectivity index (χ2v) is 10.8. The number of carbonyl (C=O) groups excluding carboxylic acids is 1. The van der Waals surface area contributed by atoms with E-state index in [9.17, 15) is 35.2 Å². The first-order valence-corrected chi connectivity index (χ1v) is 13.5. The van der Waals surface area contributed by atoms with E-state index in [-0.39, 0.29) is 29.2 Å². The minimum atomic E-state index is -3.48. The molecule has 210 valence electrons. The Morgan fingerprint density at radius 3 is 2.20 bits per heavy atom. The number of hydrogen-bond donors (Lipinski definition) is 0. The smallest absolute Gasteiger partial charge is 0.316 e. The lowest BCUT2D eigenvalue weighted by atomic mass is 9.96. The van der Waals surface area contributed by atoms with Gasteiger partial charge in [0.2, 0.25) is 5.95 Å². The molecule has 1 atom stereocenters. The standard InChI is InChI=1S/C25H20F5N5O4S/c1-40(37,38)13-15-4-2-3-14(9-15)10-19(16-5-7-18(26)8-6-16)35(24(36)21(29)30)25-31-11-17(12-32-25)22-33-34-23(39-22)20(27)28/h2-9,11-12,19-21H,10,13H2,1H3. The van der Waals surface area contributed by atoms with Gasteiger partial charge in [0.15, 0.2) is 9.84 Å². The van der Waals surface area contributed by atoms with Crippen LogP contribution < -0.4 is 4.90 Å². The Bertz CT molecular complexity index is 1580. The van der Waals surface area contributed by atoms with Crippen LogP contribution in [0.2, 0.25) is 0 Å². The highest BCUT2D eigenvalue weighted by Gasteiger charge is 2.34. The van der Waals surface area contributed by atoms with Crippen molar-refractivity contribution in [2.45, 2.75) is 31.1 Å². The number of alkyl halides is 4. The van der Waals surface area contributed by atoms with Crippen LogP contribution in [0.25, 0.3) is 11.5 Å². The molecule has 1 amide bonds. The number of rotatable bonds is 10. The van der Waals surface area contributed by atoms with Crippen LogP contribution in [0.5, 0.6) is 0 Å². The molecule has 0 saturated heterocycles. The van der Waals surface area contributed by atoms with Crippen LogP contribution in [-0.2, 0) is 26.8 Å². The van der Waals surface area contributed by atoms with Gasteiger partial charge in [-0.15, -0.1) is 10.2 Å². The zero-order valence-corrected chi connectivity index (χ0v) is 21.4. The van der Waals surface area contributed by atoms with Crippen LogP contribution in [-0.4, -0.2) is 47.2 Å². The van der Waals surface area contributed by atoms with E-state index >= 15 is 0 Å². The molecule has 0 radical (unpaired) electrons. The number of aromatic nitrogens is 4. The van der Waals surface area contributed by atoms with E-state index < -0.39 is 52.3 Å². The monoisotopic (exact) mass is 581 g/mol. The number of hydrogen-bond acceptors (Lipinski definition) is 8. The van der Waals surface area contributed by atoms with Crippen molar-refractivity contribution in [3.05, 3.63) is 89.3 Å². The average Bonchev–Trinajstić information content (AvgIpc) is 3.39. The second-order valence-electron chi connectivity index (χ2n) is 8.69. The molecule has 15 heteroatoms. The van der Waals surface area contributed by atoms with E-state index in [1.807, 2.05) is 0 Å². The average molecular weight is 582 g/mol. The van der Waals surface area contributed by atoms with Gasteiger partial charge < -0.3 is 4.42 Å². The Kier molecular flexibility index (Phi) is 8.52. The molecule has 1 unspecified atom stereocenters. The van der Waals surface area contributed by atoms with Crippen LogP contribution >= 0.6 is 0 Å². The van der Waals surface area contributed by atoms with Gasteiger partial charge in [-0.2, -0.15) is 17.6 Å². The highest BCUT2D eigenvalue weighted by Crippen LogP contribution is 2.31. The van der Waals surface area contributed by atoms with E-state index in [0.717, 1.165) is 30.8 Å². The fraction of sp³-hybridized carbons (Fsp3) is 0.240. The summed E-state index contributed by atoms with van der Waals surface area (Å²) in [6, 6.07) is 9.96. The topological polar surface area (TPSA) is 119 Å². The normalized spacial score (nSPS) is 12.6. The number of anilines is 1. The lowest BCUT2D eigenvalue weighted by Crippen LogP contribution is -2.41. The van der Waals surface area contributed by atoms with E-state index in [0.29, 0.717) is 16.0 Å². The molecule has 4 aromatic rings. The molecule has 9 nitrogen and oxygen atoms in total. The summed E-state index contributed by atoms with van der Waals surface area (Å²) >= 11 is 0. The van der Waals surface area contributed by atoms with Crippen LogP contribution in [0.1, 0.15) is 35.0 Å². The summed E-state index contributed by atoms with van der Waals surface area (Å²) in [5, 5.41) is 6.67. The zero-order chi connectivity index (χ0) is 29.0. The first kappa shape index (κ1) is 28.7. The Balaban J connectivity index is 1.76. The maximum absolute atomic E-state index is 13.8. The summed E-state index contributed by atoms with van der Waals surface area (Å²) in [4.78, 5) is 21.4. The Hall–Kier alpha value is -4.27. The molecule has 2 heterocycles. The van der Waals surface area contributed by atoms with Gasteiger partial charge in [-0.25, -0.2) is 22.8 Å². The summed E-state index contributed by atoms with van der Waals surface area (Å²) in [7, 11) is -3.38. The van der Waals surface area contributed by atoms with Crippen LogP contribution in [0.15, 0.2) is 65.3 Å². The van der Waals surface area contributed by atoms with Crippen molar-refractivity contribution >= 4 is 21.7 Å². The number of sulfone groups is 1. The van der Waals surface area contributed by atoms with Crippen LogP contribution in [0.4, 0.5) is 27.9 Å². The molecular formula is C25H20F5N5O4S. The van der Waals surface area contributed by atoms with Crippen LogP contribution in [0.3, 0.4) is 0 Å². The lowest BCUT2D eigenvalue weighted by Gasteiger charge is -2.30. The van der Waals surface area contributed by atoms with Gasteiger partial charge in [0.25, 0.3) is 17.7 Å². The Morgan fingerprint density at radius 2 is 1.62 bits per heavy atom. The Morgan fingerprint density at radius 1 is 0.975 bits per heavy atom. The van der Waals surface area contributed by atoms with Crippen molar-refractivity contribution in [1.82, 2.24) is 20.2 Å². The molecule has 2 aromatic heterocycles. The molecule has 0 spiro atoms. The molecule has 0 aliphatic rings. The Labute approximate surface area is 224 Å². The van der Waals surface area contributed by atoms with Crippen molar-refractivity contribution in [2.75, 3.05) is 11.2 Å². The summed E-state index contributed by atoms with van der Waals surface area (Å²) in [5.41, 5.74) is 1.17. The lowest BCUT2D eigenvalue weighted by molar-refractivity contribution is -0.129. The van der Waals surface area contributed by atoms with Gasteiger partial charge in [-0.3, -0.25) is 9.69 Å². The largest absolute Gasteiger partial charge is 0.415 e. The van der Waals surface area contributed by atoms with Crippen molar-refractivity contribution < 1.29 is 39.6 Å². The van der Waals surface area contributed by atoms with Crippen molar-refractivity contribution in [3.63, 3.8) is 0 Å². The minimum Gasteiger partial charge on any atom is -0.415 e. The van der Waals surface area contributed by atoms with Crippen molar-refractivity contribution in [1.29, 1.82) is 0 Å². The molecular weight excluding hydrogens is 561 g/mol. The zero-order valence-electron chi connectivity index (χ0n) is 20.6. The quantitative estimate of drug-likeness (QED) is 0.247. The third kappa shape index (κ3) is 7.02. The molecule has 0 aliphatic heterocycles. The number of nitrogens with zero attached hydrogens (tertiary/aromatic N) is 5. The fourth-order valence-corrected chi connectivity index (χ4v) is 4.69. The summed E-state index contributed by atoms with van der Waals surface area (Å²) in [6.45, 7) is 0. The van der Waals surface area contributed by atoms with Crippen molar-refractivity contribution in [2.24, 2.45) is 0 Å². The predicted molar refractivity (Wildman–Crippen MR) is 132 cm³/mol. The maximum atomic E-state index is 13.8. The van der Waals surface area contributed by atoms with Gasteiger partial charge in [-0.1, -0.05) is 36.4 Å². The summed E-state index contributed by atoms with van der Waals surface area (Å²) < 4.78 is 95.3. The molecule has 0 saturated carbocycles. The number of amides is 1. The number of benzene rings is 2. The highest BCUT2D eigenvalue weighted by atomic mass is 32.2. The summed E-state index contributed by atoms with van der Waals surface area (Å²) in [5.74, 6) is -4.30. The van der Waals surface area contributed by atoms with E-state index in [1.165, 1.54) is 12.1 Å². The number of halogens is 5. The minimum absolute atomic E-state index is 0.0144. The van der Waals surface area contributed by atoms with E-state index in [4.69, 9.17) is 4.42 Å². The van der Waals surface area contributed by atoms with E-state index in [2.05, 4.69) is 20.2 Å². The van der Waals surface area contributed by atoms with Gasteiger partial charge in [0, 0.05) is 18.6 Å².